The summed E-state index contributed by atoms with van der Waals surface area (Å²) in [4.78, 5) is 12.0. The standard InChI is InChI=1S/C14H17ClFNO2/c15-13-11(2-1-3-12(13)16)14(19)17-10-6-4-9(8-18)5-7-10/h1-3,9-10,18H,4-8H2,(H,17,19). The van der Waals surface area contributed by atoms with Gasteiger partial charge in [-0.25, -0.2) is 4.39 Å². The van der Waals surface area contributed by atoms with E-state index in [-0.39, 0.29) is 29.1 Å². The first-order valence-electron chi connectivity index (χ1n) is 6.47. The molecule has 1 fully saturated rings. The second kappa shape index (κ2) is 6.35. The predicted molar refractivity (Wildman–Crippen MR) is 71.7 cm³/mol. The Morgan fingerprint density at radius 1 is 1.37 bits per heavy atom. The summed E-state index contributed by atoms with van der Waals surface area (Å²) in [5, 5.41) is 11.8. The number of aliphatic hydroxyl groups is 1. The fraction of sp³-hybridized carbons (Fsp3) is 0.500. The summed E-state index contributed by atoms with van der Waals surface area (Å²) in [7, 11) is 0. The SMILES string of the molecule is O=C(NC1CCC(CO)CC1)c1cccc(F)c1Cl. The van der Waals surface area contributed by atoms with Crippen LogP contribution in [-0.2, 0) is 0 Å². The molecule has 1 aromatic carbocycles. The first-order valence-corrected chi connectivity index (χ1v) is 6.85. The van der Waals surface area contributed by atoms with Gasteiger partial charge < -0.3 is 10.4 Å². The lowest BCUT2D eigenvalue weighted by Crippen LogP contribution is -2.38. The monoisotopic (exact) mass is 285 g/mol. The molecule has 1 aliphatic carbocycles. The molecule has 0 aromatic heterocycles. The maximum atomic E-state index is 13.3. The van der Waals surface area contributed by atoms with Crippen LogP contribution in [0.3, 0.4) is 0 Å². The number of carbonyl (C=O) groups excluding carboxylic acids is 1. The number of hydrogen-bond acceptors (Lipinski definition) is 2. The summed E-state index contributed by atoms with van der Waals surface area (Å²) in [6.07, 6.45) is 3.48. The maximum Gasteiger partial charge on any atom is 0.253 e. The van der Waals surface area contributed by atoms with Crippen LogP contribution in [0.15, 0.2) is 18.2 Å². The second-order valence-corrected chi connectivity index (χ2v) is 5.35. The molecule has 0 aliphatic heterocycles. The Kier molecular flexibility index (Phi) is 4.77. The van der Waals surface area contributed by atoms with Crippen LogP contribution in [0.1, 0.15) is 36.0 Å². The molecule has 5 heteroatoms. The van der Waals surface area contributed by atoms with Crippen LogP contribution in [0.25, 0.3) is 0 Å². The molecule has 2 rings (SSSR count). The van der Waals surface area contributed by atoms with Gasteiger partial charge in [-0.15, -0.1) is 0 Å². The number of nitrogens with one attached hydrogen (secondary N) is 1. The summed E-state index contributed by atoms with van der Waals surface area (Å²) in [5.74, 6) is -0.582. The molecule has 2 N–H and O–H groups in total. The molecule has 1 saturated carbocycles. The number of rotatable bonds is 3. The van der Waals surface area contributed by atoms with Crippen molar-refractivity contribution in [3.63, 3.8) is 0 Å². The number of halogens is 2. The molecule has 0 saturated heterocycles. The van der Waals surface area contributed by atoms with Crippen molar-refractivity contribution in [3.8, 4) is 0 Å². The lowest BCUT2D eigenvalue weighted by atomic mass is 9.86. The molecule has 0 spiro atoms. The van der Waals surface area contributed by atoms with Crippen LogP contribution in [0.4, 0.5) is 4.39 Å². The molecule has 0 radical (unpaired) electrons. The zero-order valence-electron chi connectivity index (χ0n) is 10.5. The van der Waals surface area contributed by atoms with Gasteiger partial charge in [-0.1, -0.05) is 17.7 Å². The van der Waals surface area contributed by atoms with E-state index >= 15 is 0 Å². The van der Waals surface area contributed by atoms with Gasteiger partial charge in [0.05, 0.1) is 10.6 Å². The van der Waals surface area contributed by atoms with E-state index < -0.39 is 5.82 Å². The van der Waals surface area contributed by atoms with Gasteiger partial charge in [-0.05, 0) is 43.7 Å². The number of benzene rings is 1. The van der Waals surface area contributed by atoms with Crippen molar-refractivity contribution in [3.05, 3.63) is 34.6 Å². The van der Waals surface area contributed by atoms with Gasteiger partial charge >= 0.3 is 0 Å². The maximum absolute atomic E-state index is 13.3. The summed E-state index contributed by atoms with van der Waals surface area (Å²) < 4.78 is 13.3. The van der Waals surface area contributed by atoms with Gasteiger partial charge in [0.1, 0.15) is 5.82 Å². The topological polar surface area (TPSA) is 49.3 Å². The minimum atomic E-state index is -0.585. The first-order chi connectivity index (χ1) is 9.11. The number of hydrogen-bond donors (Lipinski definition) is 2. The first kappa shape index (κ1) is 14.3. The number of carbonyl (C=O) groups is 1. The van der Waals surface area contributed by atoms with Crippen molar-refractivity contribution >= 4 is 17.5 Å². The molecular formula is C14H17ClFNO2. The van der Waals surface area contributed by atoms with Gasteiger partial charge in [0.25, 0.3) is 5.91 Å². The summed E-state index contributed by atoms with van der Waals surface area (Å²) >= 11 is 5.78. The summed E-state index contributed by atoms with van der Waals surface area (Å²) in [5.41, 5.74) is 0.172. The molecular weight excluding hydrogens is 269 g/mol. The fourth-order valence-corrected chi connectivity index (χ4v) is 2.64. The molecule has 0 unspecified atom stereocenters. The fourth-order valence-electron chi connectivity index (χ4n) is 2.43. The average Bonchev–Trinajstić information content (AvgIpc) is 2.42. The highest BCUT2D eigenvalue weighted by Crippen LogP contribution is 2.25. The Balaban J connectivity index is 1.96. The Hall–Kier alpha value is -1.13. The van der Waals surface area contributed by atoms with Crippen molar-refractivity contribution in [1.82, 2.24) is 5.32 Å². The second-order valence-electron chi connectivity index (χ2n) is 4.98. The molecule has 0 atom stereocenters. The van der Waals surface area contributed by atoms with Crippen LogP contribution in [0.5, 0.6) is 0 Å². The number of amides is 1. The van der Waals surface area contributed by atoms with Gasteiger partial charge in [0.15, 0.2) is 0 Å². The summed E-state index contributed by atoms with van der Waals surface area (Å²) in [6.45, 7) is 0.205. The van der Waals surface area contributed by atoms with E-state index in [4.69, 9.17) is 16.7 Å². The summed E-state index contributed by atoms with van der Waals surface area (Å²) in [6, 6.07) is 4.29. The molecule has 1 aliphatic rings. The van der Waals surface area contributed by atoms with Crippen molar-refractivity contribution in [2.75, 3.05) is 6.61 Å². The van der Waals surface area contributed by atoms with Crippen LogP contribution >= 0.6 is 11.6 Å². The third-order valence-corrected chi connectivity index (χ3v) is 4.02. The highest BCUT2D eigenvalue weighted by molar-refractivity contribution is 6.34. The van der Waals surface area contributed by atoms with Gasteiger partial charge in [0, 0.05) is 12.6 Å². The quantitative estimate of drug-likeness (QED) is 0.897. The van der Waals surface area contributed by atoms with E-state index in [9.17, 15) is 9.18 Å². The Labute approximate surface area is 116 Å². The van der Waals surface area contributed by atoms with Crippen LogP contribution in [0, 0.1) is 11.7 Å². The molecule has 104 valence electrons. The predicted octanol–water partition coefficient (Wildman–Crippen LogP) is 2.76. The van der Waals surface area contributed by atoms with E-state index in [0.29, 0.717) is 5.92 Å². The molecule has 0 heterocycles. The minimum Gasteiger partial charge on any atom is -0.396 e. The Morgan fingerprint density at radius 3 is 2.68 bits per heavy atom. The van der Waals surface area contributed by atoms with Crippen LogP contribution in [0.2, 0.25) is 5.02 Å². The molecule has 3 nitrogen and oxygen atoms in total. The van der Waals surface area contributed by atoms with Gasteiger partial charge in [-0.3, -0.25) is 4.79 Å². The Bertz CT molecular complexity index is 459. The van der Waals surface area contributed by atoms with E-state index in [1.807, 2.05) is 0 Å². The van der Waals surface area contributed by atoms with Crippen molar-refractivity contribution in [1.29, 1.82) is 0 Å². The normalized spacial score (nSPS) is 23.1. The van der Waals surface area contributed by atoms with Crippen LogP contribution < -0.4 is 5.32 Å². The van der Waals surface area contributed by atoms with E-state index in [1.165, 1.54) is 18.2 Å². The number of aliphatic hydroxyl groups excluding tert-OH is 1. The molecule has 0 bridgehead atoms. The largest absolute Gasteiger partial charge is 0.396 e. The molecule has 1 aromatic rings. The van der Waals surface area contributed by atoms with E-state index in [0.717, 1.165) is 25.7 Å². The molecule has 1 amide bonds. The zero-order chi connectivity index (χ0) is 13.8. The lowest BCUT2D eigenvalue weighted by molar-refractivity contribution is 0.0913. The average molecular weight is 286 g/mol. The highest BCUT2D eigenvalue weighted by Gasteiger charge is 2.23. The lowest BCUT2D eigenvalue weighted by Gasteiger charge is -2.28. The third kappa shape index (κ3) is 3.45. The van der Waals surface area contributed by atoms with Crippen molar-refractivity contribution in [2.24, 2.45) is 5.92 Å². The molecule has 19 heavy (non-hydrogen) atoms. The van der Waals surface area contributed by atoms with Gasteiger partial charge in [-0.2, -0.15) is 0 Å². The van der Waals surface area contributed by atoms with Crippen LogP contribution in [-0.4, -0.2) is 23.7 Å². The van der Waals surface area contributed by atoms with Gasteiger partial charge in [0.2, 0.25) is 0 Å². The minimum absolute atomic E-state index is 0.0784. The van der Waals surface area contributed by atoms with E-state index in [1.54, 1.807) is 0 Å². The van der Waals surface area contributed by atoms with Crippen molar-refractivity contribution < 1.29 is 14.3 Å². The highest BCUT2D eigenvalue weighted by atomic mass is 35.5. The zero-order valence-corrected chi connectivity index (χ0v) is 11.3. The smallest absolute Gasteiger partial charge is 0.253 e. The van der Waals surface area contributed by atoms with Crippen molar-refractivity contribution in [2.45, 2.75) is 31.7 Å². The third-order valence-electron chi connectivity index (χ3n) is 3.64. The van der Waals surface area contributed by atoms with E-state index in [2.05, 4.69) is 5.32 Å². The Morgan fingerprint density at radius 2 is 2.05 bits per heavy atom.